The Morgan fingerprint density at radius 2 is 1.32 bits per heavy atom. The summed E-state index contributed by atoms with van der Waals surface area (Å²) >= 11 is 0. The fourth-order valence-corrected chi connectivity index (χ4v) is 7.41. The fourth-order valence-electron chi connectivity index (χ4n) is 5.36. The number of hydrogen-bond acceptors (Lipinski definition) is 3. The second-order valence-corrected chi connectivity index (χ2v) is 11.9. The van der Waals surface area contributed by atoms with Crippen LogP contribution in [-0.4, -0.2) is 34.2 Å². The quantitative estimate of drug-likeness (QED) is 0.266. The summed E-state index contributed by atoms with van der Waals surface area (Å²) in [5.41, 5.74) is 0. The van der Waals surface area contributed by atoms with Gasteiger partial charge < -0.3 is 13.6 Å². The summed E-state index contributed by atoms with van der Waals surface area (Å²) in [6.07, 6.45) is 16.3. The molecule has 0 radical (unpaired) electrons. The van der Waals surface area contributed by atoms with E-state index in [1.54, 1.807) is 0 Å². The lowest BCUT2D eigenvalue weighted by Gasteiger charge is -2.37. The molecule has 2 aliphatic carbocycles. The van der Waals surface area contributed by atoms with Crippen molar-refractivity contribution >= 4 is 9.28 Å². The Balaban J connectivity index is 1.57. The smallest absolute Gasteiger partial charge is 0.321 e. The van der Waals surface area contributed by atoms with E-state index >= 15 is 0 Å². The molecule has 2 fully saturated rings. The third-order valence-corrected chi connectivity index (χ3v) is 9.33. The van der Waals surface area contributed by atoms with Crippen molar-refractivity contribution < 1.29 is 13.6 Å². The van der Waals surface area contributed by atoms with Gasteiger partial charge in [-0.25, -0.2) is 0 Å². The Labute approximate surface area is 177 Å². The van der Waals surface area contributed by atoms with Crippen molar-refractivity contribution in [1.29, 1.82) is 0 Å². The summed E-state index contributed by atoms with van der Waals surface area (Å²) in [5, 5.41) is 0. The zero-order valence-electron chi connectivity index (χ0n) is 19.5. The summed E-state index contributed by atoms with van der Waals surface area (Å²) in [6.45, 7) is 11.6. The molecule has 2 aliphatic rings. The van der Waals surface area contributed by atoms with E-state index in [4.69, 9.17) is 13.6 Å². The molecule has 3 nitrogen and oxygen atoms in total. The topological polar surface area (TPSA) is 27.7 Å². The van der Waals surface area contributed by atoms with Gasteiger partial charge in [0.25, 0.3) is 0 Å². The van der Waals surface area contributed by atoms with E-state index in [0.717, 1.165) is 36.8 Å². The summed E-state index contributed by atoms with van der Waals surface area (Å²) in [5.74, 6) is 3.04. The molecule has 0 unspecified atom stereocenters. The van der Waals surface area contributed by atoms with E-state index in [2.05, 4.69) is 34.6 Å². The molecule has 0 bridgehead atoms. The molecule has 0 amide bonds. The number of rotatable bonds is 12. The molecule has 0 saturated heterocycles. The van der Waals surface area contributed by atoms with E-state index in [1.165, 1.54) is 64.2 Å². The molecule has 2 saturated carbocycles. The van der Waals surface area contributed by atoms with Gasteiger partial charge in [-0.05, 0) is 96.4 Å². The van der Waals surface area contributed by atoms with Crippen LogP contribution in [0.15, 0.2) is 0 Å². The first-order valence-corrected chi connectivity index (χ1v) is 14.2. The summed E-state index contributed by atoms with van der Waals surface area (Å²) < 4.78 is 18.3. The standard InChI is InChI=1S/C24H48O3Si/c1-6-8-21-9-11-22(12-10-21)23-13-15-24(16-14-23)25-17-7-18-28(26-19(2)3)27-20(4)5/h19-24,28H,6-18H2,1-5H3. The molecule has 0 aliphatic heterocycles. The van der Waals surface area contributed by atoms with Crippen molar-refractivity contribution in [3.63, 3.8) is 0 Å². The van der Waals surface area contributed by atoms with Crippen molar-refractivity contribution in [3.8, 4) is 0 Å². The lowest BCUT2D eigenvalue weighted by molar-refractivity contribution is 0.00631. The van der Waals surface area contributed by atoms with E-state index in [9.17, 15) is 0 Å². The molecule has 0 aromatic heterocycles. The van der Waals surface area contributed by atoms with Crippen molar-refractivity contribution in [1.82, 2.24) is 0 Å². The van der Waals surface area contributed by atoms with Crippen LogP contribution >= 0.6 is 0 Å². The number of hydrogen-bond donors (Lipinski definition) is 0. The largest absolute Gasteiger partial charge is 0.394 e. The highest BCUT2D eigenvalue weighted by Crippen LogP contribution is 2.41. The van der Waals surface area contributed by atoms with Crippen molar-refractivity contribution in [3.05, 3.63) is 0 Å². The van der Waals surface area contributed by atoms with Crippen LogP contribution in [0.4, 0.5) is 0 Å². The normalized spacial score (nSPS) is 29.1. The molecule has 166 valence electrons. The van der Waals surface area contributed by atoms with Crippen LogP contribution in [0.25, 0.3) is 0 Å². The van der Waals surface area contributed by atoms with Crippen molar-refractivity contribution in [2.45, 2.75) is 130 Å². The monoisotopic (exact) mass is 412 g/mol. The molecule has 0 N–H and O–H groups in total. The first kappa shape index (κ1) is 24.4. The Morgan fingerprint density at radius 1 is 0.786 bits per heavy atom. The molecule has 0 aromatic rings. The average Bonchev–Trinajstić information content (AvgIpc) is 2.66. The van der Waals surface area contributed by atoms with Gasteiger partial charge in [0.15, 0.2) is 0 Å². The van der Waals surface area contributed by atoms with Crippen LogP contribution in [0.5, 0.6) is 0 Å². The second-order valence-electron chi connectivity index (χ2n) is 9.92. The van der Waals surface area contributed by atoms with Crippen LogP contribution in [-0.2, 0) is 13.6 Å². The van der Waals surface area contributed by atoms with Crippen LogP contribution < -0.4 is 0 Å². The van der Waals surface area contributed by atoms with Gasteiger partial charge in [0.1, 0.15) is 0 Å². The Bertz CT molecular complexity index is 375. The first-order chi connectivity index (χ1) is 13.5. The third kappa shape index (κ3) is 9.28. The van der Waals surface area contributed by atoms with Gasteiger partial charge in [-0.1, -0.05) is 32.6 Å². The maximum Gasteiger partial charge on any atom is 0.321 e. The predicted molar refractivity (Wildman–Crippen MR) is 121 cm³/mol. The SMILES string of the molecule is CCCC1CCC(C2CCC(OCCC[SiH](OC(C)C)OC(C)C)CC2)CC1. The van der Waals surface area contributed by atoms with E-state index in [1.807, 2.05) is 0 Å². The molecule has 0 atom stereocenters. The molecule has 0 heterocycles. The van der Waals surface area contributed by atoms with Crippen LogP contribution in [0.3, 0.4) is 0 Å². The van der Waals surface area contributed by atoms with E-state index < -0.39 is 9.28 Å². The zero-order valence-corrected chi connectivity index (χ0v) is 20.6. The van der Waals surface area contributed by atoms with Crippen LogP contribution in [0.1, 0.15) is 105 Å². The lowest BCUT2D eigenvalue weighted by atomic mass is 9.70. The number of ether oxygens (including phenoxy) is 1. The Morgan fingerprint density at radius 3 is 1.82 bits per heavy atom. The van der Waals surface area contributed by atoms with Gasteiger partial charge in [0.05, 0.1) is 6.10 Å². The van der Waals surface area contributed by atoms with Crippen molar-refractivity contribution in [2.75, 3.05) is 6.61 Å². The predicted octanol–water partition coefficient (Wildman–Crippen LogP) is 6.63. The van der Waals surface area contributed by atoms with Crippen LogP contribution in [0, 0.1) is 17.8 Å². The minimum Gasteiger partial charge on any atom is -0.394 e. The van der Waals surface area contributed by atoms with Crippen molar-refractivity contribution in [2.24, 2.45) is 17.8 Å². The van der Waals surface area contributed by atoms with Gasteiger partial charge in [0.2, 0.25) is 0 Å². The molecule has 2 rings (SSSR count). The molecule has 0 aromatic carbocycles. The highest BCUT2D eigenvalue weighted by atomic mass is 28.3. The molecule has 4 heteroatoms. The third-order valence-electron chi connectivity index (χ3n) is 6.76. The van der Waals surface area contributed by atoms with Crippen LogP contribution in [0.2, 0.25) is 6.04 Å². The Hall–Kier alpha value is 0.0969. The first-order valence-electron chi connectivity index (χ1n) is 12.4. The highest BCUT2D eigenvalue weighted by molar-refractivity contribution is 6.44. The van der Waals surface area contributed by atoms with Gasteiger partial charge in [-0.2, -0.15) is 0 Å². The van der Waals surface area contributed by atoms with E-state index in [0.29, 0.717) is 6.10 Å². The highest BCUT2D eigenvalue weighted by Gasteiger charge is 2.31. The zero-order chi connectivity index (χ0) is 20.4. The maximum atomic E-state index is 6.24. The summed E-state index contributed by atoms with van der Waals surface area (Å²) in [7, 11) is -1.54. The minimum atomic E-state index is -1.54. The maximum absolute atomic E-state index is 6.24. The summed E-state index contributed by atoms with van der Waals surface area (Å²) in [4.78, 5) is 0. The lowest BCUT2D eigenvalue weighted by Crippen LogP contribution is -2.30. The second kappa shape index (κ2) is 13.4. The molecular formula is C24H48O3Si. The van der Waals surface area contributed by atoms with Gasteiger partial charge in [-0.15, -0.1) is 0 Å². The fraction of sp³-hybridized carbons (Fsp3) is 1.00. The molecule has 0 spiro atoms. The minimum absolute atomic E-state index is 0.267. The van der Waals surface area contributed by atoms with Gasteiger partial charge >= 0.3 is 9.28 Å². The summed E-state index contributed by atoms with van der Waals surface area (Å²) in [6, 6.07) is 1.06. The molecule has 28 heavy (non-hydrogen) atoms. The van der Waals surface area contributed by atoms with Gasteiger partial charge in [-0.3, -0.25) is 0 Å². The average molecular weight is 413 g/mol. The van der Waals surface area contributed by atoms with Gasteiger partial charge in [0, 0.05) is 18.8 Å². The molecular weight excluding hydrogens is 364 g/mol. The Kier molecular flexibility index (Phi) is 11.7. The van der Waals surface area contributed by atoms with E-state index in [-0.39, 0.29) is 12.2 Å².